The quantitative estimate of drug-likeness (QED) is 0.726. The average molecular weight is 185 g/mol. The van der Waals surface area contributed by atoms with E-state index in [0.717, 1.165) is 37.0 Å². The Kier molecular flexibility index (Phi) is 2.23. The van der Waals surface area contributed by atoms with Gasteiger partial charge in [-0.25, -0.2) is 0 Å². The molecule has 0 radical (unpaired) electrons. The summed E-state index contributed by atoms with van der Waals surface area (Å²) in [5.74, 6) is 0.812. The van der Waals surface area contributed by atoms with Crippen LogP contribution in [0.3, 0.4) is 0 Å². The molecule has 1 N–H and O–H groups in total. The lowest BCUT2D eigenvalue weighted by Crippen LogP contribution is -2.19. The van der Waals surface area contributed by atoms with Gasteiger partial charge < -0.3 is 0 Å². The van der Waals surface area contributed by atoms with Crippen LogP contribution >= 0.6 is 11.5 Å². The molecule has 1 aliphatic rings. The summed E-state index contributed by atoms with van der Waals surface area (Å²) in [5.41, 5.74) is 0. The highest BCUT2D eigenvalue weighted by Gasteiger charge is 2.12. The van der Waals surface area contributed by atoms with E-state index in [4.69, 9.17) is 0 Å². The van der Waals surface area contributed by atoms with Gasteiger partial charge in [0, 0.05) is 11.5 Å². The van der Waals surface area contributed by atoms with Gasteiger partial charge in [-0.1, -0.05) is 0 Å². The Labute approximate surface area is 74.4 Å². The largest absolute Gasteiger partial charge is 0.323 e. The minimum Gasteiger partial charge on any atom is -0.298 e. The molecule has 5 heteroatoms. The molecule has 2 heterocycles. The van der Waals surface area contributed by atoms with Crippen LogP contribution in [0.1, 0.15) is 18.7 Å². The Morgan fingerprint density at radius 1 is 1.50 bits per heavy atom. The number of rotatable bonds is 2. The van der Waals surface area contributed by atoms with Gasteiger partial charge in [-0.2, -0.15) is 4.37 Å². The molecule has 0 bridgehead atoms. The van der Waals surface area contributed by atoms with Gasteiger partial charge >= 0.3 is 4.87 Å². The van der Waals surface area contributed by atoms with Crippen molar-refractivity contribution in [1.29, 1.82) is 0 Å². The Balaban J connectivity index is 1.98. The molecule has 2 rings (SSSR count). The first-order valence-corrected chi connectivity index (χ1v) is 4.89. The molecule has 1 aromatic heterocycles. The fourth-order valence-electron chi connectivity index (χ4n) is 1.48. The molecule has 4 nitrogen and oxygen atoms in total. The highest BCUT2D eigenvalue weighted by atomic mass is 32.1. The van der Waals surface area contributed by atoms with E-state index in [1.54, 1.807) is 0 Å². The van der Waals surface area contributed by atoms with Gasteiger partial charge in [0.15, 0.2) is 0 Å². The zero-order chi connectivity index (χ0) is 8.39. The number of nitrogens with zero attached hydrogens (tertiary/aromatic N) is 2. The van der Waals surface area contributed by atoms with Crippen LogP contribution in [0.5, 0.6) is 0 Å². The molecule has 0 atom stereocenters. The number of aromatic nitrogens is 2. The van der Waals surface area contributed by atoms with Gasteiger partial charge in [-0.15, -0.1) is 0 Å². The molecule has 0 spiro atoms. The van der Waals surface area contributed by atoms with Gasteiger partial charge in [0.2, 0.25) is 0 Å². The van der Waals surface area contributed by atoms with Crippen molar-refractivity contribution in [2.75, 3.05) is 13.1 Å². The van der Waals surface area contributed by atoms with Crippen LogP contribution in [0.25, 0.3) is 0 Å². The second kappa shape index (κ2) is 3.37. The van der Waals surface area contributed by atoms with Crippen molar-refractivity contribution in [1.82, 2.24) is 14.3 Å². The van der Waals surface area contributed by atoms with Gasteiger partial charge in [-0.05, 0) is 25.9 Å². The minimum absolute atomic E-state index is 0.0517. The molecule has 0 amide bonds. The van der Waals surface area contributed by atoms with Crippen molar-refractivity contribution in [2.24, 2.45) is 0 Å². The Morgan fingerprint density at radius 3 is 2.83 bits per heavy atom. The SMILES string of the molecule is O=c1[nH]c(CN2CCCC2)ns1. The van der Waals surface area contributed by atoms with Crippen molar-refractivity contribution in [3.05, 3.63) is 15.5 Å². The van der Waals surface area contributed by atoms with E-state index in [-0.39, 0.29) is 4.87 Å². The summed E-state index contributed by atoms with van der Waals surface area (Å²) in [4.78, 5) is 15.7. The van der Waals surface area contributed by atoms with Gasteiger partial charge in [0.1, 0.15) is 5.82 Å². The molecule has 1 aromatic rings. The third-order valence-corrected chi connectivity index (χ3v) is 2.64. The zero-order valence-corrected chi connectivity index (χ0v) is 7.56. The molecule has 66 valence electrons. The van der Waals surface area contributed by atoms with E-state index in [9.17, 15) is 4.79 Å². The monoisotopic (exact) mass is 185 g/mol. The smallest absolute Gasteiger partial charge is 0.298 e. The number of aromatic amines is 1. The van der Waals surface area contributed by atoms with E-state index >= 15 is 0 Å². The van der Waals surface area contributed by atoms with Crippen molar-refractivity contribution in [3.63, 3.8) is 0 Å². The van der Waals surface area contributed by atoms with Crippen LogP contribution in [-0.4, -0.2) is 27.3 Å². The van der Waals surface area contributed by atoms with Crippen LogP contribution in [0, 0.1) is 0 Å². The van der Waals surface area contributed by atoms with E-state index in [2.05, 4.69) is 14.3 Å². The third kappa shape index (κ3) is 1.73. The highest BCUT2D eigenvalue weighted by molar-refractivity contribution is 7.02. The molecule has 0 saturated carbocycles. The van der Waals surface area contributed by atoms with E-state index < -0.39 is 0 Å². The summed E-state index contributed by atoms with van der Waals surface area (Å²) in [7, 11) is 0. The molecule has 1 fully saturated rings. The zero-order valence-electron chi connectivity index (χ0n) is 6.75. The van der Waals surface area contributed by atoms with Gasteiger partial charge in [0.25, 0.3) is 0 Å². The number of hydrogen-bond donors (Lipinski definition) is 1. The summed E-state index contributed by atoms with van der Waals surface area (Å²) in [6, 6.07) is 0. The fourth-order valence-corrected chi connectivity index (χ4v) is 1.94. The molecule has 12 heavy (non-hydrogen) atoms. The van der Waals surface area contributed by atoms with Gasteiger partial charge in [0.05, 0.1) is 6.54 Å². The second-order valence-corrected chi connectivity index (χ2v) is 3.76. The number of likely N-dealkylation sites (tertiary alicyclic amines) is 1. The maximum Gasteiger partial charge on any atom is 0.323 e. The predicted octanol–water partition coefficient (Wildman–Crippen LogP) is 0.427. The van der Waals surface area contributed by atoms with Gasteiger partial charge in [-0.3, -0.25) is 14.7 Å². The fraction of sp³-hybridized carbons (Fsp3) is 0.714. The molecule has 1 saturated heterocycles. The summed E-state index contributed by atoms with van der Waals surface area (Å²) in [6.45, 7) is 3.08. The van der Waals surface area contributed by atoms with Crippen LogP contribution in [0.15, 0.2) is 4.79 Å². The predicted molar refractivity (Wildman–Crippen MR) is 47.2 cm³/mol. The maximum atomic E-state index is 10.7. The minimum atomic E-state index is -0.0517. The van der Waals surface area contributed by atoms with E-state index in [1.165, 1.54) is 12.8 Å². The lowest BCUT2D eigenvalue weighted by Gasteiger charge is -2.10. The Bertz CT molecular complexity index is 300. The van der Waals surface area contributed by atoms with Crippen molar-refractivity contribution >= 4 is 11.5 Å². The number of hydrogen-bond acceptors (Lipinski definition) is 4. The normalized spacial score (nSPS) is 18.7. The maximum absolute atomic E-state index is 10.7. The second-order valence-electron chi connectivity index (χ2n) is 3.02. The number of nitrogens with one attached hydrogen (secondary N) is 1. The lowest BCUT2D eigenvalue weighted by atomic mass is 10.4. The summed E-state index contributed by atoms with van der Waals surface area (Å²) >= 11 is 1.000. The first kappa shape index (κ1) is 7.94. The Morgan fingerprint density at radius 2 is 2.25 bits per heavy atom. The van der Waals surface area contributed by atoms with Crippen LogP contribution in [-0.2, 0) is 6.54 Å². The molecule has 0 unspecified atom stereocenters. The van der Waals surface area contributed by atoms with E-state index in [0.29, 0.717) is 0 Å². The first-order chi connectivity index (χ1) is 5.84. The molecule has 0 aromatic carbocycles. The van der Waals surface area contributed by atoms with Crippen LogP contribution < -0.4 is 4.87 Å². The average Bonchev–Trinajstić information content (AvgIpc) is 2.63. The third-order valence-electron chi connectivity index (χ3n) is 2.06. The van der Waals surface area contributed by atoms with Crippen LogP contribution in [0.2, 0.25) is 0 Å². The standard InChI is InChI=1S/C7H11N3OS/c11-7-8-6(9-12-7)5-10-3-1-2-4-10/h1-5H2,(H,8,9,11). The topological polar surface area (TPSA) is 49.0 Å². The Hall–Kier alpha value is -0.680. The molecule has 1 aliphatic heterocycles. The molecular weight excluding hydrogens is 174 g/mol. The molecule has 0 aliphatic carbocycles. The summed E-state index contributed by atoms with van der Waals surface area (Å²) in [5, 5.41) is 0. The summed E-state index contributed by atoms with van der Waals surface area (Å²) < 4.78 is 4.01. The number of H-pyrrole nitrogens is 1. The first-order valence-electron chi connectivity index (χ1n) is 4.12. The summed E-state index contributed by atoms with van der Waals surface area (Å²) in [6.07, 6.45) is 2.54. The highest BCUT2D eigenvalue weighted by Crippen LogP contribution is 2.09. The van der Waals surface area contributed by atoms with Crippen molar-refractivity contribution in [2.45, 2.75) is 19.4 Å². The van der Waals surface area contributed by atoms with Crippen molar-refractivity contribution in [3.8, 4) is 0 Å². The van der Waals surface area contributed by atoms with E-state index in [1.807, 2.05) is 0 Å². The lowest BCUT2D eigenvalue weighted by molar-refractivity contribution is 0.324. The molecular formula is C7H11N3OS. The van der Waals surface area contributed by atoms with Crippen LogP contribution in [0.4, 0.5) is 0 Å². The van der Waals surface area contributed by atoms with Crippen molar-refractivity contribution < 1.29 is 0 Å².